The third-order valence-corrected chi connectivity index (χ3v) is 4.53. The van der Waals surface area contributed by atoms with Crippen molar-refractivity contribution in [2.24, 2.45) is 5.41 Å². The number of rotatable bonds is 0. The van der Waals surface area contributed by atoms with Gasteiger partial charge in [0, 0.05) is 23.6 Å². The molecule has 94 valence electrons. The molecule has 0 radical (unpaired) electrons. The van der Waals surface area contributed by atoms with Gasteiger partial charge in [0.15, 0.2) is 0 Å². The smallest absolute Gasteiger partial charge is 0.139 e. The molecule has 2 N–H and O–H groups in total. The molecule has 0 fully saturated rings. The fourth-order valence-electron chi connectivity index (χ4n) is 1.84. The Morgan fingerprint density at radius 1 is 1.18 bits per heavy atom. The Morgan fingerprint density at radius 3 is 2.47 bits per heavy atom. The van der Waals surface area contributed by atoms with E-state index in [-0.39, 0.29) is 16.8 Å². The fourth-order valence-corrected chi connectivity index (χ4v) is 2.18. The van der Waals surface area contributed by atoms with E-state index in [2.05, 4.69) is 54.3 Å². The van der Waals surface area contributed by atoms with Crippen molar-refractivity contribution >= 4 is 27.3 Å². The van der Waals surface area contributed by atoms with Crippen molar-refractivity contribution in [3.05, 3.63) is 22.4 Å². The predicted octanol–water partition coefficient (Wildman–Crippen LogP) is 4.23. The van der Waals surface area contributed by atoms with Crippen LogP contribution >= 0.6 is 15.9 Å². The van der Waals surface area contributed by atoms with Gasteiger partial charge in [-0.1, -0.05) is 13.8 Å². The number of hydrogen-bond donors (Lipinski definition) is 2. The third-order valence-electron chi connectivity index (χ3n) is 3.92. The summed E-state index contributed by atoms with van der Waals surface area (Å²) in [5, 5.41) is 6.81. The topological polar surface area (TPSA) is 24.1 Å². The Balaban J connectivity index is 2.48. The zero-order valence-corrected chi connectivity index (χ0v) is 12.2. The number of fused-ring (bicyclic) bond motifs is 1. The average Bonchev–Trinajstić information content (AvgIpc) is 2.27. The lowest BCUT2D eigenvalue weighted by atomic mass is 9.74. The average molecular weight is 301 g/mol. The molecule has 0 atom stereocenters. The van der Waals surface area contributed by atoms with E-state index >= 15 is 0 Å². The highest BCUT2D eigenvalue weighted by Crippen LogP contribution is 2.40. The van der Waals surface area contributed by atoms with Gasteiger partial charge in [0.1, 0.15) is 5.82 Å². The van der Waals surface area contributed by atoms with Gasteiger partial charge in [-0.3, -0.25) is 0 Å². The molecule has 0 saturated carbocycles. The maximum atomic E-state index is 13.5. The van der Waals surface area contributed by atoms with Crippen LogP contribution in [-0.4, -0.2) is 12.1 Å². The molecule has 1 aliphatic heterocycles. The highest BCUT2D eigenvalue weighted by atomic mass is 79.9. The molecule has 1 aromatic rings. The van der Waals surface area contributed by atoms with Crippen LogP contribution in [0.15, 0.2) is 16.6 Å². The lowest BCUT2D eigenvalue weighted by molar-refractivity contribution is 0.245. The summed E-state index contributed by atoms with van der Waals surface area (Å²) in [4.78, 5) is 0. The molecule has 1 heterocycles. The van der Waals surface area contributed by atoms with Crippen LogP contribution in [0.4, 0.5) is 15.8 Å². The molecular formula is C13H18BrFN2. The predicted molar refractivity (Wildman–Crippen MR) is 74.1 cm³/mol. The van der Waals surface area contributed by atoms with E-state index in [0.717, 1.165) is 17.9 Å². The Hall–Kier alpha value is -0.770. The van der Waals surface area contributed by atoms with Crippen molar-refractivity contribution in [3.63, 3.8) is 0 Å². The van der Waals surface area contributed by atoms with Gasteiger partial charge in [-0.25, -0.2) is 4.39 Å². The van der Waals surface area contributed by atoms with Crippen LogP contribution in [-0.2, 0) is 0 Å². The lowest BCUT2D eigenvalue weighted by Crippen LogP contribution is -2.47. The summed E-state index contributed by atoms with van der Waals surface area (Å²) >= 11 is 3.22. The van der Waals surface area contributed by atoms with E-state index in [1.807, 2.05) is 0 Å². The second-order valence-electron chi connectivity index (χ2n) is 5.80. The Kier molecular flexibility index (Phi) is 2.89. The molecule has 0 unspecified atom stereocenters. The second kappa shape index (κ2) is 3.87. The Morgan fingerprint density at radius 2 is 1.82 bits per heavy atom. The molecule has 0 aromatic heterocycles. The first-order valence-corrected chi connectivity index (χ1v) is 6.53. The number of hydrogen-bond acceptors (Lipinski definition) is 2. The molecule has 0 bridgehead atoms. The van der Waals surface area contributed by atoms with Crippen LogP contribution in [0.1, 0.15) is 27.7 Å². The molecule has 4 heteroatoms. The molecule has 0 spiro atoms. The minimum atomic E-state index is -0.240. The molecular weight excluding hydrogens is 283 g/mol. The fraction of sp³-hybridized carbons (Fsp3) is 0.538. The van der Waals surface area contributed by atoms with Crippen LogP contribution in [0.3, 0.4) is 0 Å². The second-order valence-corrected chi connectivity index (χ2v) is 6.65. The van der Waals surface area contributed by atoms with Crippen molar-refractivity contribution in [1.29, 1.82) is 0 Å². The third kappa shape index (κ3) is 2.15. The summed E-state index contributed by atoms with van der Waals surface area (Å²) in [6.07, 6.45) is 0. The Bertz CT molecular complexity index is 455. The summed E-state index contributed by atoms with van der Waals surface area (Å²) in [6.45, 7) is 9.54. The van der Waals surface area contributed by atoms with Gasteiger partial charge < -0.3 is 10.6 Å². The van der Waals surface area contributed by atoms with E-state index in [1.54, 1.807) is 6.07 Å². The van der Waals surface area contributed by atoms with Crippen LogP contribution in [0.2, 0.25) is 0 Å². The van der Waals surface area contributed by atoms with Gasteiger partial charge in [0.25, 0.3) is 0 Å². The zero-order valence-electron chi connectivity index (χ0n) is 10.6. The molecule has 0 saturated heterocycles. The first-order valence-electron chi connectivity index (χ1n) is 5.74. The monoisotopic (exact) mass is 300 g/mol. The maximum absolute atomic E-state index is 13.5. The van der Waals surface area contributed by atoms with Crippen molar-refractivity contribution in [3.8, 4) is 0 Å². The minimum absolute atomic E-state index is 0.0645. The van der Waals surface area contributed by atoms with Gasteiger partial charge in [-0.05, 0) is 35.8 Å². The Labute approximate surface area is 110 Å². The largest absolute Gasteiger partial charge is 0.383 e. The first kappa shape index (κ1) is 12.7. The first-order chi connectivity index (χ1) is 7.73. The maximum Gasteiger partial charge on any atom is 0.139 e. The molecule has 0 amide bonds. The van der Waals surface area contributed by atoms with Gasteiger partial charge >= 0.3 is 0 Å². The standard InChI is InChI=1S/C13H18BrFN2/c1-12(2)7-16-10-6-9(15)8(14)5-11(10)17-13(12,3)4/h5-6,16-17H,7H2,1-4H3. The van der Waals surface area contributed by atoms with E-state index < -0.39 is 0 Å². The quantitative estimate of drug-likeness (QED) is 0.749. The van der Waals surface area contributed by atoms with E-state index in [0.29, 0.717) is 4.47 Å². The van der Waals surface area contributed by atoms with Crippen molar-refractivity contribution in [2.75, 3.05) is 17.2 Å². The lowest BCUT2D eigenvalue weighted by Gasteiger charge is -2.41. The molecule has 17 heavy (non-hydrogen) atoms. The molecule has 1 aromatic carbocycles. The normalized spacial score (nSPS) is 20.8. The van der Waals surface area contributed by atoms with Crippen LogP contribution in [0.25, 0.3) is 0 Å². The van der Waals surface area contributed by atoms with Gasteiger partial charge in [0.2, 0.25) is 0 Å². The van der Waals surface area contributed by atoms with Crippen LogP contribution in [0, 0.1) is 11.2 Å². The van der Waals surface area contributed by atoms with Crippen LogP contribution in [0.5, 0.6) is 0 Å². The van der Waals surface area contributed by atoms with Gasteiger partial charge in [-0.2, -0.15) is 0 Å². The van der Waals surface area contributed by atoms with Gasteiger partial charge in [-0.15, -0.1) is 0 Å². The number of nitrogens with one attached hydrogen (secondary N) is 2. The molecule has 1 aliphatic rings. The number of anilines is 2. The summed E-state index contributed by atoms with van der Waals surface area (Å²) in [6, 6.07) is 3.32. The number of benzene rings is 1. The summed E-state index contributed by atoms with van der Waals surface area (Å²) in [7, 11) is 0. The number of halogens is 2. The highest BCUT2D eigenvalue weighted by Gasteiger charge is 2.39. The SMILES string of the molecule is CC1(C)CNc2cc(F)c(Br)cc2NC1(C)C. The molecule has 0 aliphatic carbocycles. The van der Waals surface area contributed by atoms with E-state index in [1.165, 1.54) is 6.07 Å². The molecule has 2 rings (SSSR count). The van der Waals surface area contributed by atoms with Gasteiger partial charge in [0.05, 0.1) is 15.8 Å². The van der Waals surface area contributed by atoms with E-state index in [4.69, 9.17) is 0 Å². The van der Waals surface area contributed by atoms with Crippen molar-refractivity contribution in [1.82, 2.24) is 0 Å². The van der Waals surface area contributed by atoms with Crippen molar-refractivity contribution < 1.29 is 4.39 Å². The minimum Gasteiger partial charge on any atom is -0.383 e. The summed E-state index contributed by atoms with van der Waals surface area (Å²) in [5.74, 6) is -0.240. The van der Waals surface area contributed by atoms with Crippen LogP contribution < -0.4 is 10.6 Å². The van der Waals surface area contributed by atoms with E-state index in [9.17, 15) is 4.39 Å². The molecule has 2 nitrogen and oxygen atoms in total. The highest BCUT2D eigenvalue weighted by molar-refractivity contribution is 9.10. The summed E-state index contributed by atoms with van der Waals surface area (Å²) in [5.41, 5.74) is 1.76. The summed E-state index contributed by atoms with van der Waals surface area (Å²) < 4.78 is 14.0. The zero-order chi connectivity index (χ0) is 12.8. The van der Waals surface area contributed by atoms with Crippen molar-refractivity contribution in [2.45, 2.75) is 33.2 Å².